The molecule has 2 fully saturated rings. The van der Waals surface area contributed by atoms with E-state index in [4.69, 9.17) is 0 Å². The number of anilines is 2. The number of carbonyl (C=O) groups is 3. The lowest BCUT2D eigenvalue weighted by Crippen LogP contribution is -2.74. The normalized spacial score (nSPS) is 20.8. The average Bonchev–Trinajstić information content (AvgIpc) is 3.26. The van der Waals surface area contributed by atoms with Crippen LogP contribution in [0, 0.1) is 25.1 Å². The topological polar surface area (TPSA) is 69.1 Å². The Kier molecular flexibility index (Phi) is 5.38. The maximum absolute atomic E-state index is 14.8. The first kappa shape index (κ1) is 24.2. The van der Waals surface area contributed by atoms with Gasteiger partial charge in [-0.15, -0.1) is 0 Å². The van der Waals surface area contributed by atoms with Crippen LogP contribution in [0.2, 0.25) is 0 Å². The number of carbonyl (C=O) groups excluding carboxylic acids is 3. The Bertz CT molecular complexity index is 1450. The second-order valence-corrected chi connectivity index (χ2v) is 10.5. The lowest BCUT2D eigenvalue weighted by atomic mass is 9.67. The minimum atomic E-state index is -1.52. The van der Waals surface area contributed by atoms with E-state index in [1.54, 1.807) is 18.2 Å². The zero-order valence-electron chi connectivity index (χ0n) is 21.9. The fourth-order valence-corrected chi connectivity index (χ4v) is 6.57. The van der Waals surface area contributed by atoms with Gasteiger partial charge >= 0.3 is 6.03 Å². The summed E-state index contributed by atoms with van der Waals surface area (Å²) in [4.78, 5) is 46.8. The zero-order valence-corrected chi connectivity index (χ0v) is 21.9. The third-order valence-corrected chi connectivity index (χ3v) is 8.46. The molecule has 0 N–H and O–H groups in total. The van der Waals surface area contributed by atoms with Gasteiger partial charge in [0.2, 0.25) is 11.8 Å². The summed E-state index contributed by atoms with van der Waals surface area (Å²) in [6, 6.07) is 15.6. The number of benzene rings is 2. The van der Waals surface area contributed by atoms with Crippen molar-refractivity contribution in [2.75, 3.05) is 43.5 Å². The highest BCUT2D eigenvalue weighted by Gasteiger charge is 2.64. The van der Waals surface area contributed by atoms with Crippen LogP contribution in [0.4, 0.5) is 20.6 Å². The summed E-state index contributed by atoms with van der Waals surface area (Å²) >= 11 is 0. The molecule has 6 rings (SSSR count). The van der Waals surface area contributed by atoms with Crippen LogP contribution in [-0.2, 0) is 16.0 Å². The number of barbiturate groups is 1. The van der Waals surface area contributed by atoms with E-state index < -0.39 is 29.3 Å². The summed E-state index contributed by atoms with van der Waals surface area (Å²) < 4.78 is 16.9. The number of para-hydroxylation sites is 1. The average molecular weight is 516 g/mol. The fraction of sp³-hybridized carbons (Fsp3) is 0.345. The smallest absolute Gasteiger partial charge is 0.332 e. The molecule has 1 spiro atoms. The van der Waals surface area contributed by atoms with Gasteiger partial charge in [-0.1, -0.05) is 12.1 Å². The van der Waals surface area contributed by atoms with Gasteiger partial charge in [-0.05, 0) is 68.3 Å². The van der Waals surface area contributed by atoms with E-state index >= 15 is 0 Å². The number of rotatable bonds is 2. The van der Waals surface area contributed by atoms with E-state index in [1.165, 1.54) is 20.2 Å². The Hall–Kier alpha value is -4.14. The Morgan fingerprint density at radius 2 is 1.50 bits per heavy atom. The molecule has 0 aliphatic carbocycles. The van der Waals surface area contributed by atoms with Crippen LogP contribution in [0.3, 0.4) is 0 Å². The second-order valence-electron chi connectivity index (χ2n) is 10.5. The van der Waals surface area contributed by atoms with Crippen molar-refractivity contribution < 1.29 is 18.8 Å². The molecule has 1 aromatic heterocycles. The van der Waals surface area contributed by atoms with Crippen molar-refractivity contribution in [1.29, 1.82) is 0 Å². The number of hydrogen-bond donors (Lipinski definition) is 0. The minimum absolute atomic E-state index is 0.154. The van der Waals surface area contributed by atoms with Crippen LogP contribution in [0.25, 0.3) is 5.69 Å². The lowest BCUT2D eigenvalue weighted by molar-refractivity contribution is -0.159. The van der Waals surface area contributed by atoms with Gasteiger partial charge in [0.25, 0.3) is 0 Å². The quantitative estimate of drug-likeness (QED) is 0.489. The first-order valence-electron chi connectivity index (χ1n) is 12.8. The molecule has 8 nitrogen and oxygen atoms in total. The molecule has 0 saturated carbocycles. The molecule has 0 radical (unpaired) electrons. The number of aromatic nitrogens is 1. The molecule has 4 heterocycles. The molecule has 3 aliphatic rings. The van der Waals surface area contributed by atoms with Crippen LogP contribution in [0.5, 0.6) is 0 Å². The largest absolute Gasteiger partial charge is 0.365 e. The van der Waals surface area contributed by atoms with E-state index in [1.807, 2.05) is 24.8 Å². The Morgan fingerprint density at radius 1 is 0.842 bits per heavy atom. The number of amides is 4. The number of aryl methyl sites for hydroxylation is 2. The zero-order chi connectivity index (χ0) is 26.9. The Labute approximate surface area is 220 Å². The molecule has 2 aromatic carbocycles. The highest BCUT2D eigenvalue weighted by molar-refractivity contribution is 6.20. The van der Waals surface area contributed by atoms with Gasteiger partial charge in [-0.2, -0.15) is 0 Å². The summed E-state index contributed by atoms with van der Waals surface area (Å²) in [5, 5.41) is 0. The molecule has 4 amide bonds. The molecule has 38 heavy (non-hydrogen) atoms. The SMILES string of the molecule is Cc1ccc(C)n1-c1ccc2c(c1)CC1(C(=O)N(C)C(=O)N(C)C1=O)[C@@H]1CN(c3ccccc3F)CCN21. The van der Waals surface area contributed by atoms with Crippen LogP contribution in [0.1, 0.15) is 17.0 Å². The van der Waals surface area contributed by atoms with E-state index in [-0.39, 0.29) is 18.8 Å². The monoisotopic (exact) mass is 515 g/mol. The molecule has 9 heteroatoms. The van der Waals surface area contributed by atoms with Gasteiger partial charge < -0.3 is 14.4 Å². The lowest BCUT2D eigenvalue weighted by Gasteiger charge is -2.56. The first-order valence-corrected chi connectivity index (χ1v) is 12.8. The molecular weight excluding hydrogens is 485 g/mol. The number of fused-ring (bicyclic) bond motifs is 4. The molecule has 0 unspecified atom stereocenters. The number of imide groups is 2. The summed E-state index contributed by atoms with van der Waals surface area (Å²) in [7, 11) is 2.85. The Balaban J connectivity index is 1.51. The van der Waals surface area contributed by atoms with Crippen LogP contribution in [-0.4, -0.2) is 72.0 Å². The summed E-state index contributed by atoms with van der Waals surface area (Å²) in [6.45, 7) is 5.37. The predicted octanol–water partition coefficient (Wildman–Crippen LogP) is 3.52. The van der Waals surface area contributed by atoms with Crippen molar-refractivity contribution in [2.45, 2.75) is 26.3 Å². The molecule has 2 saturated heterocycles. The van der Waals surface area contributed by atoms with Gasteiger partial charge in [-0.25, -0.2) is 9.18 Å². The van der Waals surface area contributed by atoms with Crippen molar-refractivity contribution in [1.82, 2.24) is 14.4 Å². The summed E-state index contributed by atoms with van der Waals surface area (Å²) in [5.41, 5.74) is 3.88. The third-order valence-electron chi connectivity index (χ3n) is 8.46. The summed E-state index contributed by atoms with van der Waals surface area (Å²) in [6.07, 6.45) is 0.154. The van der Waals surface area contributed by atoms with E-state index in [0.29, 0.717) is 18.8 Å². The maximum atomic E-state index is 14.8. The highest BCUT2D eigenvalue weighted by Crippen LogP contribution is 2.47. The molecular formula is C29H30FN5O3. The van der Waals surface area contributed by atoms with Gasteiger partial charge in [0.05, 0.1) is 11.7 Å². The number of piperazine rings is 1. The van der Waals surface area contributed by atoms with Crippen molar-refractivity contribution in [3.63, 3.8) is 0 Å². The van der Waals surface area contributed by atoms with Crippen molar-refractivity contribution >= 4 is 29.2 Å². The Morgan fingerprint density at radius 3 is 2.16 bits per heavy atom. The van der Waals surface area contributed by atoms with Gasteiger partial charge in [0.15, 0.2) is 5.41 Å². The minimum Gasteiger partial charge on any atom is -0.365 e. The maximum Gasteiger partial charge on any atom is 0.332 e. The molecule has 3 aromatic rings. The second kappa shape index (κ2) is 8.44. The fourth-order valence-electron chi connectivity index (χ4n) is 6.57. The summed E-state index contributed by atoms with van der Waals surface area (Å²) in [5.74, 6) is -1.38. The van der Waals surface area contributed by atoms with Gasteiger partial charge in [0, 0.05) is 56.5 Å². The van der Waals surface area contributed by atoms with Crippen molar-refractivity contribution in [3.8, 4) is 5.69 Å². The number of nitrogens with zero attached hydrogens (tertiary/aromatic N) is 5. The van der Waals surface area contributed by atoms with Crippen LogP contribution < -0.4 is 9.80 Å². The van der Waals surface area contributed by atoms with Crippen LogP contribution >= 0.6 is 0 Å². The van der Waals surface area contributed by atoms with Crippen molar-refractivity contribution in [2.24, 2.45) is 5.41 Å². The number of halogens is 1. The molecule has 1 atom stereocenters. The van der Waals surface area contributed by atoms with E-state index in [9.17, 15) is 18.8 Å². The van der Waals surface area contributed by atoms with Crippen LogP contribution in [0.15, 0.2) is 54.6 Å². The van der Waals surface area contributed by atoms with E-state index in [0.717, 1.165) is 38.1 Å². The van der Waals surface area contributed by atoms with Crippen molar-refractivity contribution in [3.05, 3.63) is 77.4 Å². The molecule has 0 bridgehead atoms. The van der Waals surface area contributed by atoms with Gasteiger partial charge in [-0.3, -0.25) is 19.4 Å². The standard InChI is InChI=1S/C29H30FN5O3/c1-18-9-10-19(2)35(18)21-11-12-23-20(15-21)16-29(26(36)31(3)28(38)32(4)27(29)37)25-17-33(13-14-34(23)25)24-8-6-5-7-22(24)30/h5-12,15,25H,13-14,16-17H2,1-4H3/t25-/m0/s1. The first-order chi connectivity index (χ1) is 18.1. The van der Waals surface area contributed by atoms with Gasteiger partial charge in [0.1, 0.15) is 5.82 Å². The number of hydrogen-bond acceptors (Lipinski definition) is 5. The molecule has 3 aliphatic heterocycles. The predicted molar refractivity (Wildman–Crippen MR) is 142 cm³/mol. The third kappa shape index (κ3) is 3.23. The highest BCUT2D eigenvalue weighted by atomic mass is 19.1. The number of urea groups is 1. The molecule has 196 valence electrons. The van der Waals surface area contributed by atoms with E-state index in [2.05, 4.69) is 33.7 Å².